The second kappa shape index (κ2) is 5.02. The molecule has 0 aliphatic carbocycles. The maximum Gasteiger partial charge on any atom is 0.255 e. The van der Waals surface area contributed by atoms with Crippen LogP contribution in [-0.2, 0) is 0 Å². The Morgan fingerprint density at radius 2 is 2.16 bits per heavy atom. The molecule has 1 N–H and O–H groups in total. The second-order valence-electron chi connectivity index (χ2n) is 5.55. The van der Waals surface area contributed by atoms with E-state index in [4.69, 9.17) is 5.26 Å². The van der Waals surface area contributed by atoms with Gasteiger partial charge >= 0.3 is 0 Å². The largest absolute Gasteiger partial charge is 0.390 e. The molecule has 1 aromatic carbocycles. The number of hydrogen-bond acceptors (Lipinski definition) is 3. The van der Waals surface area contributed by atoms with E-state index in [1.807, 2.05) is 6.07 Å². The van der Waals surface area contributed by atoms with Crippen molar-refractivity contribution in [3.8, 4) is 6.07 Å². The van der Waals surface area contributed by atoms with Crippen LogP contribution in [0.2, 0.25) is 0 Å². The molecule has 19 heavy (non-hydrogen) atoms. The first kappa shape index (κ1) is 13.6. The van der Waals surface area contributed by atoms with E-state index in [1.165, 1.54) is 0 Å². The van der Waals surface area contributed by atoms with Crippen molar-refractivity contribution >= 4 is 5.91 Å². The monoisotopic (exact) mass is 258 g/mol. The maximum absolute atomic E-state index is 12.4. The minimum absolute atomic E-state index is 0.0886. The van der Waals surface area contributed by atoms with Gasteiger partial charge in [-0.15, -0.1) is 0 Å². The van der Waals surface area contributed by atoms with Gasteiger partial charge in [0.2, 0.25) is 0 Å². The van der Waals surface area contributed by atoms with Crippen LogP contribution >= 0.6 is 0 Å². The lowest BCUT2D eigenvalue weighted by molar-refractivity contribution is 0.0211. The van der Waals surface area contributed by atoms with Crippen molar-refractivity contribution in [3.63, 3.8) is 0 Å². The summed E-state index contributed by atoms with van der Waals surface area (Å²) in [6, 6.07) is 8.88. The predicted molar refractivity (Wildman–Crippen MR) is 71.5 cm³/mol. The summed E-state index contributed by atoms with van der Waals surface area (Å²) in [6.07, 6.45) is 0.796. The first-order chi connectivity index (χ1) is 8.93. The summed E-state index contributed by atoms with van der Waals surface area (Å²) in [5.41, 5.74) is 0.0738. The molecule has 0 saturated carbocycles. The van der Waals surface area contributed by atoms with Gasteiger partial charge in [-0.05, 0) is 32.4 Å². The Labute approximate surface area is 113 Å². The molecule has 0 unspecified atom stereocenters. The Bertz CT molecular complexity index is 526. The minimum Gasteiger partial charge on any atom is -0.390 e. The van der Waals surface area contributed by atoms with E-state index in [-0.39, 0.29) is 11.8 Å². The third-order valence-electron chi connectivity index (χ3n) is 3.75. The van der Waals surface area contributed by atoms with Crippen LogP contribution in [0.25, 0.3) is 0 Å². The molecule has 1 aromatic rings. The van der Waals surface area contributed by atoms with Crippen molar-refractivity contribution in [2.75, 3.05) is 13.1 Å². The van der Waals surface area contributed by atoms with Gasteiger partial charge in [0.25, 0.3) is 5.91 Å². The van der Waals surface area contributed by atoms with E-state index >= 15 is 0 Å². The summed E-state index contributed by atoms with van der Waals surface area (Å²) in [7, 11) is 0. The van der Waals surface area contributed by atoms with Crippen LogP contribution in [-0.4, -0.2) is 34.6 Å². The number of rotatable bonds is 2. The molecule has 4 nitrogen and oxygen atoms in total. The third-order valence-corrected chi connectivity index (χ3v) is 3.75. The molecule has 1 atom stereocenters. The Morgan fingerprint density at radius 1 is 1.47 bits per heavy atom. The van der Waals surface area contributed by atoms with Gasteiger partial charge in [0.15, 0.2) is 0 Å². The number of carbonyl (C=O) groups excluding carboxylic acids is 1. The Balaban J connectivity index is 2.17. The molecule has 4 heteroatoms. The van der Waals surface area contributed by atoms with Gasteiger partial charge in [0, 0.05) is 19.0 Å². The molecule has 0 aromatic heterocycles. The molecule has 1 saturated heterocycles. The lowest BCUT2D eigenvalue weighted by Crippen LogP contribution is -2.35. The molecule has 2 rings (SSSR count). The first-order valence-electron chi connectivity index (χ1n) is 6.44. The van der Waals surface area contributed by atoms with Crippen molar-refractivity contribution < 1.29 is 9.90 Å². The second-order valence-corrected chi connectivity index (χ2v) is 5.55. The van der Waals surface area contributed by atoms with Crippen LogP contribution in [0.1, 0.15) is 36.2 Å². The summed E-state index contributed by atoms with van der Waals surface area (Å²) in [4.78, 5) is 14.1. The fourth-order valence-corrected chi connectivity index (χ4v) is 2.46. The summed E-state index contributed by atoms with van der Waals surface area (Å²) in [6.45, 7) is 4.72. The van der Waals surface area contributed by atoms with Gasteiger partial charge in [0.05, 0.1) is 22.8 Å². The Hall–Kier alpha value is -1.86. The zero-order valence-corrected chi connectivity index (χ0v) is 11.3. The number of benzene rings is 1. The standard InChI is InChI=1S/C15H18N2O2/c1-15(2,19)12-7-8-17(10-12)14(18)13-6-4-3-5-11(13)9-16/h3-6,12,19H,7-8,10H2,1-2H3/t12-/m0/s1. The van der Waals surface area contributed by atoms with Crippen LogP contribution in [0.15, 0.2) is 24.3 Å². The number of nitrogens with zero attached hydrogens (tertiary/aromatic N) is 2. The highest BCUT2D eigenvalue weighted by Crippen LogP contribution is 2.28. The quantitative estimate of drug-likeness (QED) is 0.879. The summed E-state index contributed by atoms with van der Waals surface area (Å²) >= 11 is 0. The van der Waals surface area contributed by atoms with Crippen LogP contribution in [0, 0.1) is 17.2 Å². The van der Waals surface area contributed by atoms with Gasteiger partial charge in [-0.3, -0.25) is 4.79 Å². The minimum atomic E-state index is -0.774. The van der Waals surface area contributed by atoms with Crippen LogP contribution in [0.3, 0.4) is 0 Å². The number of hydrogen-bond donors (Lipinski definition) is 1. The van der Waals surface area contributed by atoms with E-state index in [0.29, 0.717) is 24.2 Å². The van der Waals surface area contributed by atoms with Crippen LogP contribution in [0.5, 0.6) is 0 Å². The number of amides is 1. The smallest absolute Gasteiger partial charge is 0.255 e. The average Bonchev–Trinajstić information content (AvgIpc) is 2.87. The van der Waals surface area contributed by atoms with Crippen molar-refractivity contribution in [2.24, 2.45) is 5.92 Å². The fourth-order valence-electron chi connectivity index (χ4n) is 2.46. The van der Waals surface area contributed by atoms with E-state index in [1.54, 1.807) is 43.0 Å². The molecule has 0 radical (unpaired) electrons. The molecule has 1 fully saturated rings. The van der Waals surface area contributed by atoms with Gasteiger partial charge in [-0.25, -0.2) is 0 Å². The maximum atomic E-state index is 12.4. The predicted octanol–water partition coefficient (Wildman–Crippen LogP) is 1.79. The number of likely N-dealkylation sites (tertiary alicyclic amines) is 1. The van der Waals surface area contributed by atoms with Gasteiger partial charge in [0.1, 0.15) is 0 Å². The molecular weight excluding hydrogens is 240 g/mol. The lowest BCUT2D eigenvalue weighted by atomic mass is 9.90. The number of aliphatic hydroxyl groups is 1. The topological polar surface area (TPSA) is 64.3 Å². The molecular formula is C15H18N2O2. The third kappa shape index (κ3) is 2.77. The molecule has 100 valence electrons. The highest BCUT2D eigenvalue weighted by atomic mass is 16.3. The lowest BCUT2D eigenvalue weighted by Gasteiger charge is -2.25. The molecule has 1 amide bonds. The highest BCUT2D eigenvalue weighted by Gasteiger charge is 2.35. The molecule has 1 heterocycles. The molecule has 1 aliphatic heterocycles. The fraction of sp³-hybridized carbons (Fsp3) is 0.467. The van der Waals surface area contributed by atoms with E-state index in [2.05, 4.69) is 0 Å². The van der Waals surface area contributed by atoms with E-state index in [0.717, 1.165) is 6.42 Å². The van der Waals surface area contributed by atoms with Gasteiger partial charge < -0.3 is 10.0 Å². The molecule has 0 bridgehead atoms. The number of nitriles is 1. The first-order valence-corrected chi connectivity index (χ1v) is 6.44. The Kier molecular flexibility index (Phi) is 3.59. The van der Waals surface area contributed by atoms with Crippen molar-refractivity contribution in [3.05, 3.63) is 35.4 Å². The van der Waals surface area contributed by atoms with E-state index < -0.39 is 5.60 Å². The van der Waals surface area contributed by atoms with Crippen LogP contribution < -0.4 is 0 Å². The SMILES string of the molecule is CC(C)(O)[C@H]1CCN(C(=O)c2ccccc2C#N)C1. The Morgan fingerprint density at radius 3 is 2.74 bits per heavy atom. The highest BCUT2D eigenvalue weighted by molar-refractivity contribution is 5.96. The zero-order chi connectivity index (χ0) is 14.0. The summed E-state index contributed by atoms with van der Waals surface area (Å²) in [5, 5.41) is 19.0. The van der Waals surface area contributed by atoms with Gasteiger partial charge in [-0.1, -0.05) is 12.1 Å². The average molecular weight is 258 g/mol. The summed E-state index contributed by atoms with van der Waals surface area (Å²) in [5.74, 6) is -0.0328. The normalized spacial score (nSPS) is 19.3. The summed E-state index contributed by atoms with van der Waals surface area (Å²) < 4.78 is 0. The van der Waals surface area contributed by atoms with Gasteiger partial charge in [-0.2, -0.15) is 5.26 Å². The van der Waals surface area contributed by atoms with Crippen molar-refractivity contribution in [1.82, 2.24) is 4.90 Å². The van der Waals surface area contributed by atoms with Crippen molar-refractivity contribution in [1.29, 1.82) is 5.26 Å². The zero-order valence-electron chi connectivity index (χ0n) is 11.3. The number of carbonyl (C=O) groups is 1. The molecule has 0 spiro atoms. The van der Waals surface area contributed by atoms with E-state index in [9.17, 15) is 9.90 Å². The molecule has 1 aliphatic rings. The van der Waals surface area contributed by atoms with Crippen LogP contribution in [0.4, 0.5) is 0 Å². The van der Waals surface area contributed by atoms with Crippen molar-refractivity contribution in [2.45, 2.75) is 25.9 Å².